The molecule has 0 aromatic heterocycles. The van der Waals surface area contributed by atoms with Crippen LogP contribution < -0.4 is 20.1 Å². The van der Waals surface area contributed by atoms with Gasteiger partial charge >= 0.3 is 0 Å². The SMILES string of the molecule is CN=C(NCc1ccc(OC)cc1OC)NCC(C)c1cccc(C)c1.I. The minimum Gasteiger partial charge on any atom is -0.497 e. The summed E-state index contributed by atoms with van der Waals surface area (Å²) in [7, 11) is 5.08. The van der Waals surface area contributed by atoms with Crippen molar-refractivity contribution in [1.82, 2.24) is 10.6 Å². The lowest BCUT2D eigenvalue weighted by molar-refractivity contribution is 0.390. The maximum Gasteiger partial charge on any atom is 0.191 e. The molecule has 148 valence electrons. The van der Waals surface area contributed by atoms with Gasteiger partial charge in [0.25, 0.3) is 0 Å². The number of aryl methyl sites for hydroxylation is 1. The Balaban J connectivity index is 0.00000364. The Hall–Kier alpha value is -1.96. The Morgan fingerprint density at radius 3 is 2.48 bits per heavy atom. The number of nitrogens with one attached hydrogen (secondary N) is 2. The summed E-state index contributed by atoms with van der Waals surface area (Å²) in [5.41, 5.74) is 3.65. The third-order valence-electron chi connectivity index (χ3n) is 4.35. The molecule has 0 bridgehead atoms. The molecule has 0 aliphatic rings. The average Bonchev–Trinajstić information content (AvgIpc) is 2.67. The summed E-state index contributed by atoms with van der Waals surface area (Å²) in [6.45, 7) is 5.75. The number of benzene rings is 2. The van der Waals surface area contributed by atoms with E-state index in [1.807, 2.05) is 18.2 Å². The molecule has 0 heterocycles. The van der Waals surface area contributed by atoms with Crippen molar-refractivity contribution in [2.75, 3.05) is 27.8 Å². The van der Waals surface area contributed by atoms with E-state index in [0.717, 1.165) is 29.6 Å². The highest BCUT2D eigenvalue weighted by molar-refractivity contribution is 14.0. The number of ether oxygens (including phenoxy) is 2. The van der Waals surface area contributed by atoms with E-state index in [2.05, 4.69) is 53.7 Å². The maximum atomic E-state index is 5.44. The second-order valence-corrected chi connectivity index (χ2v) is 6.30. The van der Waals surface area contributed by atoms with Gasteiger partial charge in [-0.25, -0.2) is 0 Å². The zero-order valence-electron chi connectivity index (χ0n) is 16.7. The first-order chi connectivity index (χ1) is 12.6. The van der Waals surface area contributed by atoms with Crippen LogP contribution in [0.2, 0.25) is 0 Å². The van der Waals surface area contributed by atoms with Crippen LogP contribution in [0.3, 0.4) is 0 Å². The lowest BCUT2D eigenvalue weighted by atomic mass is 9.99. The van der Waals surface area contributed by atoms with Gasteiger partial charge < -0.3 is 20.1 Å². The van der Waals surface area contributed by atoms with Crippen LogP contribution in [-0.4, -0.2) is 33.8 Å². The highest BCUT2D eigenvalue weighted by Gasteiger charge is 2.09. The fourth-order valence-electron chi connectivity index (χ4n) is 2.74. The largest absolute Gasteiger partial charge is 0.497 e. The van der Waals surface area contributed by atoms with Crippen molar-refractivity contribution in [2.24, 2.45) is 4.99 Å². The highest BCUT2D eigenvalue weighted by Crippen LogP contribution is 2.24. The highest BCUT2D eigenvalue weighted by atomic mass is 127. The zero-order chi connectivity index (χ0) is 18.9. The predicted octanol–water partition coefficient (Wildman–Crippen LogP) is 4.10. The summed E-state index contributed by atoms with van der Waals surface area (Å²) in [5.74, 6) is 2.73. The second kappa shape index (κ2) is 11.7. The first kappa shape index (κ1) is 23.1. The minimum absolute atomic E-state index is 0. The predicted molar refractivity (Wildman–Crippen MR) is 123 cm³/mol. The van der Waals surface area contributed by atoms with Crippen molar-refractivity contribution in [2.45, 2.75) is 26.3 Å². The van der Waals surface area contributed by atoms with E-state index in [4.69, 9.17) is 9.47 Å². The topological polar surface area (TPSA) is 54.9 Å². The number of halogens is 1. The van der Waals surface area contributed by atoms with Crippen molar-refractivity contribution in [3.8, 4) is 11.5 Å². The van der Waals surface area contributed by atoms with Crippen LogP contribution in [0.15, 0.2) is 47.5 Å². The van der Waals surface area contributed by atoms with Crippen LogP contribution >= 0.6 is 24.0 Å². The molecule has 2 aromatic rings. The maximum absolute atomic E-state index is 5.44. The van der Waals surface area contributed by atoms with Gasteiger partial charge in [0.2, 0.25) is 0 Å². The molecular formula is C21H30IN3O2. The van der Waals surface area contributed by atoms with Gasteiger partial charge in [-0.2, -0.15) is 0 Å². The summed E-state index contributed by atoms with van der Waals surface area (Å²) in [4.78, 5) is 4.30. The molecule has 0 saturated heterocycles. The lowest BCUT2D eigenvalue weighted by Gasteiger charge is -2.17. The summed E-state index contributed by atoms with van der Waals surface area (Å²) in [6, 6.07) is 14.4. The molecule has 6 heteroatoms. The summed E-state index contributed by atoms with van der Waals surface area (Å²) >= 11 is 0. The zero-order valence-corrected chi connectivity index (χ0v) is 19.0. The average molecular weight is 483 g/mol. The number of rotatable bonds is 7. The molecule has 0 spiro atoms. The summed E-state index contributed by atoms with van der Waals surface area (Å²) < 4.78 is 10.7. The van der Waals surface area contributed by atoms with Crippen LogP contribution in [-0.2, 0) is 6.54 Å². The van der Waals surface area contributed by atoms with Gasteiger partial charge in [-0.15, -0.1) is 24.0 Å². The number of hydrogen-bond donors (Lipinski definition) is 2. The van der Waals surface area contributed by atoms with Gasteiger partial charge in [-0.3, -0.25) is 4.99 Å². The molecule has 2 N–H and O–H groups in total. The fourth-order valence-corrected chi connectivity index (χ4v) is 2.74. The van der Waals surface area contributed by atoms with Gasteiger partial charge in [0.1, 0.15) is 11.5 Å². The van der Waals surface area contributed by atoms with E-state index in [1.54, 1.807) is 21.3 Å². The number of methoxy groups -OCH3 is 2. The third-order valence-corrected chi connectivity index (χ3v) is 4.35. The molecule has 1 unspecified atom stereocenters. The Morgan fingerprint density at radius 1 is 1.07 bits per heavy atom. The number of guanidine groups is 1. The minimum atomic E-state index is 0. The lowest BCUT2D eigenvalue weighted by Crippen LogP contribution is -2.38. The summed E-state index contributed by atoms with van der Waals surface area (Å²) in [5, 5.41) is 6.72. The first-order valence-electron chi connectivity index (χ1n) is 8.79. The third kappa shape index (κ3) is 6.93. The summed E-state index contributed by atoms with van der Waals surface area (Å²) in [6.07, 6.45) is 0. The molecule has 27 heavy (non-hydrogen) atoms. The Bertz CT molecular complexity index is 750. The molecule has 2 rings (SSSR count). The van der Waals surface area contributed by atoms with Crippen LogP contribution in [0.25, 0.3) is 0 Å². The molecule has 1 atom stereocenters. The molecule has 0 aliphatic carbocycles. The molecule has 2 aromatic carbocycles. The molecule has 0 radical (unpaired) electrons. The van der Waals surface area contributed by atoms with Crippen molar-refractivity contribution in [3.05, 3.63) is 59.2 Å². The van der Waals surface area contributed by atoms with Gasteiger partial charge in [0.15, 0.2) is 5.96 Å². The van der Waals surface area contributed by atoms with Crippen molar-refractivity contribution < 1.29 is 9.47 Å². The van der Waals surface area contributed by atoms with Crippen LogP contribution in [0.4, 0.5) is 0 Å². The van der Waals surface area contributed by atoms with E-state index in [0.29, 0.717) is 12.5 Å². The van der Waals surface area contributed by atoms with Crippen LogP contribution in [0, 0.1) is 6.92 Å². The standard InChI is InChI=1S/C21H29N3O2.HI/c1-15-7-6-8-17(11-15)16(2)13-23-21(22-3)24-14-18-9-10-19(25-4)12-20(18)26-5;/h6-12,16H,13-14H2,1-5H3,(H2,22,23,24);1H. The van der Waals surface area contributed by atoms with E-state index in [1.165, 1.54) is 11.1 Å². The van der Waals surface area contributed by atoms with Crippen LogP contribution in [0.5, 0.6) is 11.5 Å². The van der Waals surface area contributed by atoms with Gasteiger partial charge in [-0.05, 0) is 30.5 Å². The molecule has 0 amide bonds. The molecule has 0 aliphatic heterocycles. The van der Waals surface area contributed by atoms with Gasteiger partial charge in [0, 0.05) is 31.8 Å². The molecular weight excluding hydrogens is 453 g/mol. The Morgan fingerprint density at radius 2 is 1.85 bits per heavy atom. The number of aliphatic imine (C=N–C) groups is 1. The fraction of sp³-hybridized carbons (Fsp3) is 0.381. The van der Waals surface area contributed by atoms with Gasteiger partial charge in [-0.1, -0.05) is 36.8 Å². The molecule has 0 saturated carbocycles. The monoisotopic (exact) mass is 483 g/mol. The van der Waals surface area contributed by atoms with E-state index >= 15 is 0 Å². The number of hydrogen-bond acceptors (Lipinski definition) is 3. The normalized spacial score (nSPS) is 12.0. The van der Waals surface area contributed by atoms with E-state index in [-0.39, 0.29) is 24.0 Å². The Labute approximate surface area is 179 Å². The van der Waals surface area contributed by atoms with Crippen molar-refractivity contribution >= 4 is 29.9 Å². The molecule has 0 fully saturated rings. The smallest absolute Gasteiger partial charge is 0.191 e. The van der Waals surface area contributed by atoms with Crippen LogP contribution in [0.1, 0.15) is 29.5 Å². The van der Waals surface area contributed by atoms with E-state index in [9.17, 15) is 0 Å². The van der Waals surface area contributed by atoms with E-state index < -0.39 is 0 Å². The van der Waals surface area contributed by atoms with Crippen molar-refractivity contribution in [1.29, 1.82) is 0 Å². The Kier molecular flexibility index (Phi) is 9.99. The quantitative estimate of drug-likeness (QED) is 0.354. The molecule has 5 nitrogen and oxygen atoms in total. The number of nitrogens with zero attached hydrogens (tertiary/aromatic N) is 1. The van der Waals surface area contributed by atoms with Crippen molar-refractivity contribution in [3.63, 3.8) is 0 Å². The first-order valence-corrected chi connectivity index (χ1v) is 8.79. The van der Waals surface area contributed by atoms with Gasteiger partial charge in [0.05, 0.1) is 14.2 Å². The second-order valence-electron chi connectivity index (χ2n) is 6.30.